The quantitative estimate of drug-likeness (QED) is 0.771. The van der Waals surface area contributed by atoms with Crippen molar-refractivity contribution in [2.24, 2.45) is 0 Å². The van der Waals surface area contributed by atoms with Crippen LogP contribution in [-0.2, 0) is 9.84 Å². The number of carboxylic acids is 1. The largest absolute Gasteiger partial charge is 0.478 e. The molecule has 7 heteroatoms. The van der Waals surface area contributed by atoms with Gasteiger partial charge >= 0.3 is 5.97 Å². The van der Waals surface area contributed by atoms with Crippen LogP contribution in [0, 0.1) is 0 Å². The normalized spacial score (nSPS) is 22.2. The smallest absolute Gasteiger partial charge is 0.337 e. The lowest BCUT2D eigenvalue weighted by atomic mass is 10.1. The highest BCUT2D eigenvalue weighted by Crippen LogP contribution is 2.25. The van der Waals surface area contributed by atoms with Gasteiger partial charge in [-0.25, -0.2) is 13.2 Å². The number of nitrogens with two attached hydrogens (primary N) is 1. The van der Waals surface area contributed by atoms with E-state index in [-0.39, 0.29) is 28.8 Å². The average molecular weight is 284 g/mol. The second-order valence-electron chi connectivity index (χ2n) is 4.73. The highest BCUT2D eigenvalue weighted by molar-refractivity contribution is 7.91. The SMILES string of the molecule is CC1CS(=O)(=O)CCN1c1ccc(N)c(C(=O)O)c1. The lowest BCUT2D eigenvalue weighted by molar-refractivity contribution is 0.0698. The molecule has 19 heavy (non-hydrogen) atoms. The predicted molar refractivity (Wildman–Crippen MR) is 73.3 cm³/mol. The molecule has 0 bridgehead atoms. The summed E-state index contributed by atoms with van der Waals surface area (Å²) in [6.45, 7) is 2.18. The Bertz CT molecular complexity index is 612. The van der Waals surface area contributed by atoms with E-state index in [0.717, 1.165) is 0 Å². The zero-order chi connectivity index (χ0) is 14.2. The molecule has 1 saturated heterocycles. The van der Waals surface area contributed by atoms with Crippen molar-refractivity contribution in [3.63, 3.8) is 0 Å². The number of nitrogen functional groups attached to an aromatic ring is 1. The molecule has 6 nitrogen and oxygen atoms in total. The van der Waals surface area contributed by atoms with Gasteiger partial charge in [0.15, 0.2) is 9.84 Å². The first-order chi connectivity index (χ1) is 8.80. The third-order valence-corrected chi connectivity index (χ3v) is 5.06. The fourth-order valence-corrected chi connectivity index (χ4v) is 3.85. The molecule has 0 saturated carbocycles. The summed E-state index contributed by atoms with van der Waals surface area (Å²) >= 11 is 0. The number of nitrogens with zero attached hydrogens (tertiary/aromatic N) is 1. The first-order valence-corrected chi connectivity index (χ1v) is 7.72. The Morgan fingerprint density at radius 2 is 2.16 bits per heavy atom. The molecule has 1 heterocycles. The van der Waals surface area contributed by atoms with Crippen molar-refractivity contribution in [3.05, 3.63) is 23.8 Å². The van der Waals surface area contributed by atoms with Gasteiger partial charge in [0.1, 0.15) is 0 Å². The lowest BCUT2D eigenvalue weighted by Gasteiger charge is -2.35. The third kappa shape index (κ3) is 2.81. The van der Waals surface area contributed by atoms with E-state index in [1.807, 2.05) is 11.8 Å². The van der Waals surface area contributed by atoms with Crippen LogP contribution in [0.1, 0.15) is 17.3 Å². The van der Waals surface area contributed by atoms with Gasteiger partial charge in [-0.15, -0.1) is 0 Å². The van der Waals surface area contributed by atoms with Crippen LogP contribution in [-0.4, -0.2) is 43.6 Å². The average Bonchev–Trinajstić information content (AvgIpc) is 2.29. The Balaban J connectivity index is 2.33. The van der Waals surface area contributed by atoms with E-state index in [1.54, 1.807) is 6.07 Å². The predicted octanol–water partition coefficient (Wildman–Crippen LogP) is 0.590. The van der Waals surface area contributed by atoms with Crippen molar-refractivity contribution in [1.82, 2.24) is 0 Å². The Morgan fingerprint density at radius 3 is 2.74 bits per heavy atom. The molecule has 1 aromatic carbocycles. The lowest BCUT2D eigenvalue weighted by Crippen LogP contribution is -2.47. The standard InChI is InChI=1S/C12H16N2O4S/c1-8-7-19(17,18)5-4-14(8)9-2-3-11(13)10(6-9)12(15)16/h2-3,6,8H,4-5,7,13H2,1H3,(H,15,16). The van der Waals surface area contributed by atoms with Gasteiger partial charge < -0.3 is 15.7 Å². The molecule has 1 unspecified atom stereocenters. The molecular weight excluding hydrogens is 268 g/mol. The van der Waals surface area contributed by atoms with Gasteiger partial charge in [0.25, 0.3) is 0 Å². The number of anilines is 2. The Kier molecular flexibility index (Phi) is 3.40. The van der Waals surface area contributed by atoms with Crippen LogP contribution in [0.2, 0.25) is 0 Å². The molecule has 0 spiro atoms. The molecule has 104 valence electrons. The summed E-state index contributed by atoms with van der Waals surface area (Å²) < 4.78 is 23.1. The molecule has 3 N–H and O–H groups in total. The van der Waals surface area contributed by atoms with Crippen LogP contribution < -0.4 is 10.6 Å². The van der Waals surface area contributed by atoms with Crippen molar-refractivity contribution < 1.29 is 18.3 Å². The summed E-state index contributed by atoms with van der Waals surface area (Å²) in [4.78, 5) is 12.9. The maximum absolute atomic E-state index is 11.5. The minimum atomic E-state index is -2.99. The fraction of sp³-hybridized carbons (Fsp3) is 0.417. The molecule has 0 aliphatic carbocycles. The molecule has 1 aliphatic heterocycles. The van der Waals surface area contributed by atoms with Gasteiger partial charge in [-0.2, -0.15) is 0 Å². The van der Waals surface area contributed by atoms with Crippen LogP contribution in [0.3, 0.4) is 0 Å². The van der Waals surface area contributed by atoms with Crippen molar-refractivity contribution in [2.45, 2.75) is 13.0 Å². The first kappa shape index (κ1) is 13.7. The summed E-state index contributed by atoms with van der Waals surface area (Å²) in [6.07, 6.45) is 0. The minimum absolute atomic E-state index is 0.0399. The molecular formula is C12H16N2O4S. The monoisotopic (exact) mass is 284 g/mol. The van der Waals surface area contributed by atoms with Crippen molar-refractivity contribution in [2.75, 3.05) is 28.7 Å². The van der Waals surface area contributed by atoms with Gasteiger partial charge in [0.2, 0.25) is 0 Å². The van der Waals surface area contributed by atoms with Crippen molar-refractivity contribution in [3.8, 4) is 0 Å². The Hall–Kier alpha value is -1.76. The molecule has 1 fully saturated rings. The van der Waals surface area contributed by atoms with Crippen molar-refractivity contribution >= 4 is 27.2 Å². The van der Waals surface area contributed by atoms with Crippen LogP contribution in [0.25, 0.3) is 0 Å². The van der Waals surface area contributed by atoms with Crippen LogP contribution in [0.5, 0.6) is 0 Å². The highest BCUT2D eigenvalue weighted by atomic mass is 32.2. The Labute approximate surface area is 111 Å². The molecule has 1 atom stereocenters. The zero-order valence-corrected chi connectivity index (χ0v) is 11.4. The second-order valence-corrected chi connectivity index (χ2v) is 6.96. The number of carbonyl (C=O) groups is 1. The highest BCUT2D eigenvalue weighted by Gasteiger charge is 2.28. The van der Waals surface area contributed by atoms with Crippen LogP contribution >= 0.6 is 0 Å². The summed E-state index contributed by atoms with van der Waals surface area (Å²) in [5.74, 6) is -0.916. The number of sulfone groups is 1. The fourth-order valence-electron chi connectivity index (χ4n) is 2.29. The third-order valence-electron chi connectivity index (χ3n) is 3.27. The van der Waals surface area contributed by atoms with Crippen molar-refractivity contribution in [1.29, 1.82) is 0 Å². The van der Waals surface area contributed by atoms with Gasteiger partial charge in [-0.05, 0) is 25.1 Å². The van der Waals surface area contributed by atoms with Gasteiger partial charge in [0, 0.05) is 24.0 Å². The van der Waals surface area contributed by atoms with Crippen LogP contribution in [0.15, 0.2) is 18.2 Å². The van der Waals surface area contributed by atoms with Gasteiger partial charge in [-0.1, -0.05) is 0 Å². The summed E-state index contributed by atoms with van der Waals surface area (Å²) in [7, 11) is -2.99. The maximum atomic E-state index is 11.5. The van der Waals surface area contributed by atoms with E-state index in [0.29, 0.717) is 12.2 Å². The molecule has 0 radical (unpaired) electrons. The zero-order valence-electron chi connectivity index (χ0n) is 10.5. The minimum Gasteiger partial charge on any atom is -0.478 e. The van der Waals surface area contributed by atoms with Gasteiger partial charge in [0.05, 0.1) is 17.1 Å². The van der Waals surface area contributed by atoms with E-state index in [4.69, 9.17) is 10.8 Å². The number of hydrogen-bond acceptors (Lipinski definition) is 5. The number of aromatic carboxylic acids is 1. The summed E-state index contributed by atoms with van der Waals surface area (Å²) in [6, 6.07) is 4.57. The number of carboxylic acid groups (broad SMARTS) is 1. The molecule has 0 amide bonds. The van der Waals surface area contributed by atoms with E-state index in [1.165, 1.54) is 12.1 Å². The summed E-state index contributed by atoms with van der Waals surface area (Å²) in [5.41, 5.74) is 6.53. The van der Waals surface area contributed by atoms with Gasteiger partial charge in [-0.3, -0.25) is 0 Å². The Morgan fingerprint density at radius 1 is 1.47 bits per heavy atom. The molecule has 1 aromatic rings. The molecule has 1 aliphatic rings. The number of benzene rings is 1. The van der Waals surface area contributed by atoms with E-state index in [2.05, 4.69) is 0 Å². The van der Waals surface area contributed by atoms with E-state index < -0.39 is 15.8 Å². The topological polar surface area (TPSA) is 101 Å². The van der Waals surface area contributed by atoms with E-state index in [9.17, 15) is 13.2 Å². The summed E-state index contributed by atoms with van der Waals surface area (Å²) in [5, 5.41) is 9.04. The number of hydrogen-bond donors (Lipinski definition) is 2. The second kappa shape index (κ2) is 4.73. The maximum Gasteiger partial charge on any atom is 0.337 e. The number of rotatable bonds is 2. The first-order valence-electron chi connectivity index (χ1n) is 5.90. The molecule has 2 rings (SSSR count). The molecule has 0 aromatic heterocycles. The van der Waals surface area contributed by atoms with Crippen LogP contribution in [0.4, 0.5) is 11.4 Å². The van der Waals surface area contributed by atoms with E-state index >= 15 is 0 Å².